The summed E-state index contributed by atoms with van der Waals surface area (Å²) in [5, 5.41) is 12.3. The Hall–Kier alpha value is -5.87. The Balaban J connectivity index is 0.966. The molecule has 0 radical (unpaired) electrons. The Bertz CT molecular complexity index is 2820. The van der Waals surface area contributed by atoms with Gasteiger partial charge in [-0.1, -0.05) is 26.8 Å². The number of hydrogen-bond acceptors (Lipinski definition) is 9. The van der Waals surface area contributed by atoms with E-state index in [1.165, 1.54) is 0 Å². The molecule has 2 N–H and O–H groups in total. The predicted octanol–water partition coefficient (Wildman–Crippen LogP) is 5.05. The smallest absolute Gasteiger partial charge is 0.265 e. The van der Waals surface area contributed by atoms with Crippen LogP contribution in [-0.4, -0.2) is 95.9 Å². The zero-order valence-corrected chi connectivity index (χ0v) is 31.5. The number of fused-ring (bicyclic) bond motifs is 5. The molecule has 13 heteroatoms. The molecule has 3 fully saturated rings. The first-order valence-corrected chi connectivity index (χ1v) is 19.1. The minimum Gasteiger partial charge on any atom is -0.371 e. The number of nitrogens with zero attached hydrogens (tertiary/aromatic N) is 5. The molecule has 5 aliphatic rings. The molecule has 3 aromatic carbocycles. The largest absolute Gasteiger partial charge is 0.371 e. The second kappa shape index (κ2) is 13.7. The molecule has 1 aromatic heterocycles. The van der Waals surface area contributed by atoms with Gasteiger partial charge in [-0.15, -0.1) is 0 Å². The van der Waals surface area contributed by atoms with Crippen molar-refractivity contribution < 1.29 is 39.3 Å². The van der Waals surface area contributed by atoms with E-state index in [1.54, 1.807) is 18.2 Å². The van der Waals surface area contributed by atoms with Gasteiger partial charge >= 0.3 is 0 Å². The predicted molar refractivity (Wildman–Crippen MR) is 211 cm³/mol. The van der Waals surface area contributed by atoms with Crippen LogP contribution >= 0.6 is 0 Å². The fourth-order valence-electron chi connectivity index (χ4n) is 8.93. The molecule has 4 amide bonds. The maximum Gasteiger partial charge on any atom is 0.265 e. The summed E-state index contributed by atoms with van der Waals surface area (Å²) in [6, 6.07) is 11.2. The molecule has 5 heterocycles. The van der Waals surface area contributed by atoms with E-state index in [4.69, 9.17) is 11.0 Å². The maximum absolute atomic E-state index is 15.9. The number of carbonyl (C=O) groups excluding carboxylic acids is 5. The number of aryl methyl sites for hydroxylation is 1. The molecule has 292 valence electrons. The van der Waals surface area contributed by atoms with Crippen molar-refractivity contribution in [1.82, 2.24) is 20.1 Å². The third kappa shape index (κ3) is 5.91. The van der Waals surface area contributed by atoms with Crippen LogP contribution in [0.25, 0.3) is 10.9 Å². The van der Waals surface area contributed by atoms with E-state index in [-0.39, 0.29) is 23.5 Å². The lowest BCUT2D eigenvalue weighted by molar-refractivity contribution is -0.136. The van der Waals surface area contributed by atoms with Crippen LogP contribution in [0.2, 0.25) is 0 Å². The molecule has 0 saturated carbocycles. The van der Waals surface area contributed by atoms with Gasteiger partial charge in [0.05, 0.1) is 33.8 Å². The van der Waals surface area contributed by atoms with Crippen LogP contribution in [0.15, 0.2) is 42.5 Å². The summed E-state index contributed by atoms with van der Waals surface area (Å²) in [5.41, 5.74) is 2.94. The fourth-order valence-corrected chi connectivity index (χ4v) is 8.93. The number of rotatable bonds is 6. The van der Waals surface area contributed by atoms with Crippen molar-refractivity contribution in [3.8, 4) is 6.07 Å². The molecule has 12 nitrogen and oxygen atoms in total. The minimum atomic E-state index is -3.41. The number of aromatic amines is 1. The number of nitrogens with one attached hydrogen (secondary N) is 2. The highest BCUT2D eigenvalue weighted by Crippen LogP contribution is 2.46. The number of hydrogen-bond donors (Lipinski definition) is 2. The summed E-state index contributed by atoms with van der Waals surface area (Å²) >= 11 is 0. The van der Waals surface area contributed by atoms with Crippen molar-refractivity contribution in [2.75, 3.05) is 55.4 Å². The number of piperazine rings is 1. The molecule has 1 unspecified atom stereocenters. The highest BCUT2D eigenvalue weighted by Gasteiger charge is 2.47. The zero-order chi connectivity index (χ0) is 47.1. The second-order valence-electron chi connectivity index (χ2n) is 15.7. The number of halogens is 1. The second-order valence-corrected chi connectivity index (χ2v) is 15.7. The summed E-state index contributed by atoms with van der Waals surface area (Å²) in [5.74, 6) is -5.90. The Morgan fingerprint density at radius 3 is 2.37 bits per heavy atom. The van der Waals surface area contributed by atoms with Crippen molar-refractivity contribution >= 4 is 51.7 Å². The quantitative estimate of drug-likeness (QED) is 0.257. The number of ketones is 1. The van der Waals surface area contributed by atoms with Gasteiger partial charge in [-0.3, -0.25) is 39.1 Å². The van der Waals surface area contributed by atoms with Gasteiger partial charge < -0.3 is 14.8 Å². The number of anilines is 2. The lowest BCUT2D eigenvalue weighted by Crippen LogP contribution is -2.54. The van der Waals surface area contributed by atoms with Crippen molar-refractivity contribution in [2.24, 2.45) is 5.92 Å². The standard InChI is InChI=1S/C44H44FN7O5/c1-4-26-18-29-31(44(2,3)40-38(39(29)54)28-6-5-25(22-46)17-33(28)47-40)21-35(26)51-11-9-24(10-12-51)23-49-13-15-50(16-14-49)27-19-30-37(32(45)20-27)43(57)52(42(30)56)34-7-8-36(53)48-41(34)55/h5-6,17-21,24,34,47H,4,7-16,23H2,1-3H3,(H,48,53,55)/i13D2,14D2,15D2,16D2. The number of benzene rings is 3. The normalized spacial score (nSPS) is 26.8. The van der Waals surface area contributed by atoms with Crippen LogP contribution in [0.5, 0.6) is 0 Å². The number of H-pyrrole nitrogens is 1. The van der Waals surface area contributed by atoms with E-state index in [9.17, 15) is 29.2 Å². The van der Waals surface area contributed by atoms with E-state index in [2.05, 4.69) is 16.0 Å². The highest BCUT2D eigenvalue weighted by molar-refractivity contribution is 6.24. The Morgan fingerprint density at radius 1 is 0.912 bits per heavy atom. The number of amides is 4. The summed E-state index contributed by atoms with van der Waals surface area (Å²) in [4.78, 5) is 72.2. The molecular formula is C44H44FN7O5. The first-order valence-electron chi connectivity index (χ1n) is 23.1. The van der Waals surface area contributed by atoms with Gasteiger partial charge in [0.15, 0.2) is 5.78 Å². The number of nitriles is 1. The molecule has 1 atom stereocenters. The third-order valence-electron chi connectivity index (χ3n) is 12.0. The number of imide groups is 2. The van der Waals surface area contributed by atoms with Gasteiger partial charge in [-0.25, -0.2) is 4.39 Å². The summed E-state index contributed by atoms with van der Waals surface area (Å²) in [7, 11) is 0. The first kappa shape index (κ1) is 28.5. The van der Waals surface area contributed by atoms with Crippen LogP contribution in [-0.2, 0) is 21.4 Å². The Kier molecular flexibility index (Phi) is 6.83. The lowest BCUT2D eigenvalue weighted by Gasteiger charge is -2.41. The molecule has 4 aliphatic heterocycles. The number of aromatic nitrogens is 1. The van der Waals surface area contributed by atoms with Crippen molar-refractivity contribution in [1.29, 1.82) is 5.26 Å². The summed E-state index contributed by atoms with van der Waals surface area (Å²) in [6.07, 6.45) is 0.955. The van der Waals surface area contributed by atoms with E-state index >= 15 is 4.39 Å². The minimum absolute atomic E-state index is 0.116. The molecular weight excluding hydrogens is 726 g/mol. The van der Waals surface area contributed by atoms with Gasteiger partial charge in [0.25, 0.3) is 11.8 Å². The van der Waals surface area contributed by atoms with Crippen LogP contribution in [0, 0.1) is 23.1 Å². The van der Waals surface area contributed by atoms with E-state index in [1.807, 2.05) is 38.2 Å². The van der Waals surface area contributed by atoms with Crippen molar-refractivity contribution in [3.05, 3.63) is 92.9 Å². The average Bonchev–Trinajstić information content (AvgIpc) is 3.76. The molecule has 0 spiro atoms. The molecule has 3 saturated heterocycles. The molecule has 57 heavy (non-hydrogen) atoms. The van der Waals surface area contributed by atoms with Crippen LogP contribution in [0.1, 0.15) is 116 Å². The number of carbonyl (C=O) groups is 5. The monoisotopic (exact) mass is 777 g/mol. The van der Waals surface area contributed by atoms with Gasteiger partial charge in [0.1, 0.15) is 11.9 Å². The van der Waals surface area contributed by atoms with E-state index < -0.39 is 96.2 Å². The van der Waals surface area contributed by atoms with Crippen molar-refractivity contribution in [3.63, 3.8) is 0 Å². The topological polar surface area (TPSA) is 150 Å². The highest BCUT2D eigenvalue weighted by atomic mass is 19.1. The van der Waals surface area contributed by atoms with Crippen molar-refractivity contribution in [2.45, 2.75) is 64.3 Å². The third-order valence-corrected chi connectivity index (χ3v) is 12.0. The van der Waals surface area contributed by atoms with Gasteiger partial charge in [-0.05, 0) is 79.1 Å². The van der Waals surface area contributed by atoms with Crippen LogP contribution in [0.3, 0.4) is 0 Å². The fraction of sp³-hybridized carbons (Fsp3) is 0.409. The lowest BCUT2D eigenvalue weighted by atomic mass is 9.70. The molecule has 9 rings (SSSR count). The SMILES string of the molecule is [2H]C1([2H])N(CC2CCN(c3cc4c(cc3CC)C(=O)c3c([nH]c5cc(C#N)ccc35)C4(C)C)CC2)C([2H])([2H])C([2H])([2H])N(c2cc(F)c3c(c2)C(=O)N(C2CCC(=O)NC2=O)C3=O)C1([2H])[2H]. The molecule has 0 bridgehead atoms. The average molecular weight is 778 g/mol. The Morgan fingerprint density at radius 2 is 1.67 bits per heavy atom. The number of piperidine rings is 2. The van der Waals surface area contributed by atoms with Gasteiger partial charge in [0.2, 0.25) is 11.8 Å². The van der Waals surface area contributed by atoms with Gasteiger partial charge in [0, 0.05) is 96.5 Å². The molecule has 4 aromatic rings. The van der Waals surface area contributed by atoms with E-state index in [0.29, 0.717) is 70.4 Å². The summed E-state index contributed by atoms with van der Waals surface area (Å²) in [6.45, 7) is -6.81. The van der Waals surface area contributed by atoms with E-state index in [0.717, 1.165) is 34.0 Å². The zero-order valence-electron chi connectivity index (χ0n) is 39.5. The molecule has 1 aliphatic carbocycles. The maximum atomic E-state index is 15.9. The first-order chi connectivity index (χ1) is 30.4. The van der Waals surface area contributed by atoms with Gasteiger partial charge in [-0.2, -0.15) is 5.26 Å². The Labute approximate surface area is 340 Å². The van der Waals surface area contributed by atoms with Crippen LogP contribution < -0.4 is 15.1 Å². The summed E-state index contributed by atoms with van der Waals surface area (Å²) < 4.78 is 88.6. The van der Waals surface area contributed by atoms with Crippen LogP contribution in [0.4, 0.5) is 15.8 Å².